The summed E-state index contributed by atoms with van der Waals surface area (Å²) in [4.78, 5) is 21.4. The fourth-order valence-electron chi connectivity index (χ4n) is 6.64. The summed E-state index contributed by atoms with van der Waals surface area (Å²) in [5.41, 5.74) is 4.34. The molecule has 210 valence electrons. The molecule has 0 radical (unpaired) electrons. The first kappa shape index (κ1) is 26.1. The zero-order chi connectivity index (χ0) is 27.9. The maximum absolute atomic E-state index is 9.54. The average molecular weight is 569 g/mol. The average Bonchev–Trinajstić information content (AvgIpc) is 3.64. The molecule has 0 spiro atoms. The molecule has 2 aromatic heterocycles. The Balaban J connectivity index is 1.26. The van der Waals surface area contributed by atoms with Crippen molar-refractivity contribution in [2.75, 3.05) is 43.1 Å². The Bertz CT molecular complexity index is 1630. The molecule has 1 saturated heterocycles. The van der Waals surface area contributed by atoms with Gasteiger partial charge in [0.15, 0.2) is 0 Å². The predicted molar refractivity (Wildman–Crippen MR) is 159 cm³/mol. The van der Waals surface area contributed by atoms with E-state index >= 15 is 0 Å². The maximum atomic E-state index is 9.54. The molecule has 1 unspecified atom stereocenters. The van der Waals surface area contributed by atoms with Gasteiger partial charge >= 0.3 is 6.01 Å². The van der Waals surface area contributed by atoms with Gasteiger partial charge in [-0.25, -0.2) is 4.98 Å². The second kappa shape index (κ2) is 10.8. The second-order valence-electron chi connectivity index (χ2n) is 11.3. The lowest BCUT2D eigenvalue weighted by atomic mass is 10.0. The molecule has 3 aliphatic heterocycles. The van der Waals surface area contributed by atoms with Gasteiger partial charge < -0.3 is 24.0 Å². The van der Waals surface area contributed by atoms with E-state index in [4.69, 9.17) is 26.3 Å². The van der Waals surface area contributed by atoms with Crippen molar-refractivity contribution in [3.05, 3.63) is 70.9 Å². The fraction of sp³-hybridized carbons (Fsp3) is 0.419. The molecule has 3 aliphatic rings. The van der Waals surface area contributed by atoms with Crippen molar-refractivity contribution in [1.82, 2.24) is 24.4 Å². The van der Waals surface area contributed by atoms with Crippen LogP contribution in [-0.2, 0) is 19.5 Å². The van der Waals surface area contributed by atoms with Crippen LogP contribution in [0.3, 0.4) is 0 Å². The van der Waals surface area contributed by atoms with Crippen LogP contribution in [0.25, 0.3) is 10.8 Å². The normalized spacial score (nSPS) is 20.6. The van der Waals surface area contributed by atoms with E-state index in [2.05, 4.69) is 61.6 Å². The number of imidazole rings is 1. The Morgan fingerprint density at radius 1 is 1.07 bits per heavy atom. The van der Waals surface area contributed by atoms with Crippen molar-refractivity contribution in [3.8, 4) is 12.1 Å². The van der Waals surface area contributed by atoms with E-state index < -0.39 is 0 Å². The molecule has 1 fully saturated rings. The van der Waals surface area contributed by atoms with E-state index in [-0.39, 0.29) is 6.04 Å². The number of halogens is 1. The predicted octanol–water partition coefficient (Wildman–Crippen LogP) is 4.99. The molecule has 2 atom stereocenters. The number of benzene rings is 2. The van der Waals surface area contributed by atoms with Gasteiger partial charge in [-0.1, -0.05) is 35.9 Å². The Labute approximate surface area is 244 Å². The van der Waals surface area contributed by atoms with Crippen LogP contribution in [0.1, 0.15) is 42.3 Å². The molecule has 2 aromatic carbocycles. The summed E-state index contributed by atoms with van der Waals surface area (Å²) in [5, 5.41) is 12.5. The molecule has 9 nitrogen and oxygen atoms in total. The van der Waals surface area contributed by atoms with Crippen molar-refractivity contribution < 1.29 is 4.74 Å². The van der Waals surface area contributed by atoms with Gasteiger partial charge in [-0.3, -0.25) is 0 Å². The molecule has 0 saturated carbocycles. The Hall–Kier alpha value is -3.87. The molecular weight excluding hydrogens is 536 g/mol. The van der Waals surface area contributed by atoms with Crippen molar-refractivity contribution in [3.63, 3.8) is 0 Å². The first-order chi connectivity index (χ1) is 20.1. The van der Waals surface area contributed by atoms with E-state index in [1.807, 2.05) is 24.7 Å². The molecular formula is C31H33ClN8O. The first-order valence-electron chi connectivity index (χ1n) is 14.4. The lowest BCUT2D eigenvalue weighted by Gasteiger charge is -2.38. The second-order valence-corrected chi connectivity index (χ2v) is 11.7. The van der Waals surface area contributed by atoms with Crippen LogP contribution in [0, 0.1) is 11.3 Å². The number of ether oxygens (including phenoxy) is 1. The van der Waals surface area contributed by atoms with Gasteiger partial charge in [0.1, 0.15) is 12.4 Å². The summed E-state index contributed by atoms with van der Waals surface area (Å²) in [5.74, 6) is 0.913. The van der Waals surface area contributed by atoms with E-state index in [0.29, 0.717) is 44.7 Å². The number of aromatic nitrogens is 4. The summed E-state index contributed by atoms with van der Waals surface area (Å²) in [7, 11) is 2.15. The van der Waals surface area contributed by atoms with Crippen LogP contribution in [0.4, 0.5) is 11.5 Å². The van der Waals surface area contributed by atoms with Gasteiger partial charge in [-0.15, -0.1) is 0 Å². The highest BCUT2D eigenvalue weighted by molar-refractivity contribution is 6.36. The number of fused-ring (bicyclic) bond motifs is 3. The van der Waals surface area contributed by atoms with Crippen LogP contribution in [0.5, 0.6) is 6.01 Å². The molecule has 41 heavy (non-hydrogen) atoms. The van der Waals surface area contributed by atoms with E-state index in [1.54, 1.807) is 0 Å². The highest BCUT2D eigenvalue weighted by Gasteiger charge is 2.32. The quantitative estimate of drug-likeness (QED) is 0.321. The van der Waals surface area contributed by atoms with Crippen molar-refractivity contribution in [2.45, 2.75) is 50.9 Å². The summed E-state index contributed by atoms with van der Waals surface area (Å²) in [6.45, 7) is 4.50. The smallest absolute Gasteiger partial charge is 0.318 e. The minimum atomic E-state index is 0.0197. The highest BCUT2D eigenvalue weighted by atomic mass is 35.5. The Morgan fingerprint density at radius 3 is 2.78 bits per heavy atom. The van der Waals surface area contributed by atoms with Crippen LogP contribution in [0.15, 0.2) is 48.9 Å². The molecule has 0 aliphatic carbocycles. The van der Waals surface area contributed by atoms with Gasteiger partial charge in [0.05, 0.1) is 54.4 Å². The Kier molecular flexibility index (Phi) is 6.89. The minimum Gasteiger partial charge on any atom is -0.462 e. The molecule has 5 heterocycles. The third kappa shape index (κ3) is 4.85. The van der Waals surface area contributed by atoms with E-state index in [1.165, 1.54) is 6.42 Å². The number of hydrogen-bond acceptors (Lipinski definition) is 8. The van der Waals surface area contributed by atoms with Crippen LogP contribution >= 0.6 is 11.6 Å². The zero-order valence-corrected chi connectivity index (χ0v) is 24.0. The van der Waals surface area contributed by atoms with Crippen LogP contribution in [-0.4, -0.2) is 63.7 Å². The molecule has 4 aromatic rings. The molecule has 7 rings (SSSR count). The van der Waals surface area contributed by atoms with Gasteiger partial charge in [0.25, 0.3) is 0 Å². The number of hydrogen-bond donors (Lipinski definition) is 0. The van der Waals surface area contributed by atoms with Crippen molar-refractivity contribution in [2.24, 2.45) is 0 Å². The monoisotopic (exact) mass is 568 g/mol. The Morgan fingerprint density at radius 2 is 1.95 bits per heavy atom. The lowest BCUT2D eigenvalue weighted by Crippen LogP contribution is -2.40. The molecule has 0 amide bonds. The number of rotatable bonds is 6. The molecule has 10 heteroatoms. The maximum Gasteiger partial charge on any atom is 0.318 e. The third-order valence-electron chi connectivity index (χ3n) is 8.82. The number of nitrogens with zero attached hydrogens (tertiary/aromatic N) is 8. The fourth-order valence-corrected chi connectivity index (χ4v) is 6.91. The van der Waals surface area contributed by atoms with Gasteiger partial charge in [0, 0.05) is 42.0 Å². The summed E-state index contributed by atoms with van der Waals surface area (Å²) < 4.78 is 8.45. The topological polar surface area (TPSA) is 86.3 Å². The molecule has 0 bridgehead atoms. The SMILES string of the molecule is CN1CCC[C@H]1COc1nc2c(c(N3Cc4cncn4C(CC#N)C3)n1)CCN(c1cccc3cccc(Cl)c13)C2. The van der Waals surface area contributed by atoms with Crippen molar-refractivity contribution >= 4 is 33.9 Å². The number of likely N-dealkylation sites (tertiary alicyclic amines) is 1. The largest absolute Gasteiger partial charge is 0.462 e. The van der Waals surface area contributed by atoms with Crippen molar-refractivity contribution in [1.29, 1.82) is 5.26 Å². The summed E-state index contributed by atoms with van der Waals surface area (Å²) in [6.07, 6.45) is 7.25. The zero-order valence-electron chi connectivity index (χ0n) is 23.2. The first-order valence-corrected chi connectivity index (χ1v) is 14.7. The van der Waals surface area contributed by atoms with Crippen LogP contribution in [0.2, 0.25) is 5.02 Å². The standard InChI is InChI=1S/C31H33ClN8O/c1-37-13-4-7-23(37)19-41-31-35-27-18-38(28-9-3-6-21-5-2-8-26(32)29(21)28)14-11-25(27)30(36-31)39-16-22(10-12-33)40-20-34-15-24(40)17-39/h2-3,5-6,8-9,15,20,22-23H,4,7,10-11,13-14,16-19H2,1H3/t22?,23-/m0/s1. The summed E-state index contributed by atoms with van der Waals surface area (Å²) >= 11 is 6.71. The molecule has 0 N–H and O–H groups in total. The van der Waals surface area contributed by atoms with Gasteiger partial charge in [-0.05, 0) is 50.4 Å². The van der Waals surface area contributed by atoms with Crippen LogP contribution < -0.4 is 14.5 Å². The third-order valence-corrected chi connectivity index (χ3v) is 9.14. The number of nitriles is 1. The van der Waals surface area contributed by atoms with Gasteiger partial charge in [-0.2, -0.15) is 15.2 Å². The number of likely N-dealkylation sites (N-methyl/N-ethyl adjacent to an activating group) is 1. The number of anilines is 2. The summed E-state index contributed by atoms with van der Waals surface area (Å²) in [6, 6.07) is 15.6. The lowest BCUT2D eigenvalue weighted by molar-refractivity contribution is 0.187. The van der Waals surface area contributed by atoms with E-state index in [0.717, 1.165) is 70.2 Å². The highest BCUT2D eigenvalue weighted by Crippen LogP contribution is 2.38. The van der Waals surface area contributed by atoms with Gasteiger partial charge in [0.2, 0.25) is 0 Å². The minimum absolute atomic E-state index is 0.0197. The van der Waals surface area contributed by atoms with E-state index in [9.17, 15) is 5.26 Å².